The van der Waals surface area contributed by atoms with Gasteiger partial charge in [0, 0.05) is 18.8 Å². The summed E-state index contributed by atoms with van der Waals surface area (Å²) < 4.78 is 5.34. The zero-order valence-corrected chi connectivity index (χ0v) is 11.7. The van der Waals surface area contributed by atoms with E-state index in [0.29, 0.717) is 10.8 Å². The number of amides is 1. The molecule has 0 atom stereocenters. The normalized spacial score (nSPS) is 21.0. The molecule has 6 heteroatoms. The van der Waals surface area contributed by atoms with Gasteiger partial charge in [0.15, 0.2) is 5.11 Å². The minimum atomic E-state index is -0.188. The van der Waals surface area contributed by atoms with Crippen LogP contribution in [0.2, 0.25) is 0 Å². The van der Waals surface area contributed by atoms with E-state index in [1.54, 1.807) is 6.08 Å². The van der Waals surface area contributed by atoms with Gasteiger partial charge in [0.2, 0.25) is 0 Å². The van der Waals surface area contributed by atoms with Crippen LogP contribution in [0.5, 0.6) is 0 Å². The molecule has 2 fully saturated rings. The highest BCUT2D eigenvalue weighted by molar-refractivity contribution is 7.80. The maximum Gasteiger partial charge on any atom is 0.273 e. The Hall–Kier alpha value is -1.92. The van der Waals surface area contributed by atoms with Gasteiger partial charge in [0.25, 0.3) is 5.91 Å². The van der Waals surface area contributed by atoms with E-state index in [1.807, 2.05) is 12.1 Å². The second-order valence-electron chi connectivity index (χ2n) is 4.66. The molecule has 2 aliphatic rings. The van der Waals surface area contributed by atoms with Crippen molar-refractivity contribution in [3.63, 3.8) is 0 Å². The molecule has 0 aromatic heterocycles. The molecule has 0 bridgehead atoms. The molecule has 0 radical (unpaired) electrons. The molecule has 0 aliphatic carbocycles. The summed E-state index contributed by atoms with van der Waals surface area (Å²) in [6, 6.07) is 8.11. The van der Waals surface area contributed by atoms with Crippen molar-refractivity contribution in [1.29, 1.82) is 0 Å². The molecule has 0 saturated carbocycles. The van der Waals surface area contributed by atoms with Gasteiger partial charge >= 0.3 is 0 Å². The first kappa shape index (κ1) is 13.1. The summed E-state index contributed by atoms with van der Waals surface area (Å²) >= 11 is 4.89. The molecule has 20 heavy (non-hydrogen) atoms. The average Bonchev–Trinajstić information content (AvgIpc) is 2.79. The van der Waals surface area contributed by atoms with Crippen molar-refractivity contribution in [2.45, 2.75) is 0 Å². The molecule has 3 rings (SSSR count). The Morgan fingerprint density at radius 1 is 1.15 bits per heavy atom. The van der Waals surface area contributed by atoms with Crippen LogP contribution in [0.25, 0.3) is 6.08 Å². The Morgan fingerprint density at radius 2 is 1.85 bits per heavy atom. The molecule has 0 spiro atoms. The van der Waals surface area contributed by atoms with Crippen LogP contribution in [0, 0.1) is 0 Å². The number of hydrogen-bond acceptors (Lipinski definition) is 4. The van der Waals surface area contributed by atoms with Crippen molar-refractivity contribution in [1.82, 2.24) is 10.6 Å². The summed E-state index contributed by atoms with van der Waals surface area (Å²) in [6.45, 7) is 3.37. The number of hydrogen-bond donors (Lipinski definition) is 2. The summed E-state index contributed by atoms with van der Waals surface area (Å²) in [5.41, 5.74) is 2.62. The fraction of sp³-hybridized carbons (Fsp3) is 0.286. The Bertz CT molecular complexity index is 562. The van der Waals surface area contributed by atoms with Crippen LogP contribution < -0.4 is 15.5 Å². The fourth-order valence-corrected chi connectivity index (χ4v) is 2.45. The monoisotopic (exact) mass is 289 g/mol. The number of nitrogens with zero attached hydrogens (tertiary/aromatic N) is 1. The fourth-order valence-electron chi connectivity index (χ4n) is 2.25. The summed E-state index contributed by atoms with van der Waals surface area (Å²) in [4.78, 5) is 13.8. The molecule has 2 N–H and O–H groups in total. The van der Waals surface area contributed by atoms with Gasteiger partial charge in [-0.15, -0.1) is 0 Å². The van der Waals surface area contributed by atoms with Crippen LogP contribution in [0.4, 0.5) is 5.69 Å². The Balaban J connectivity index is 1.74. The topological polar surface area (TPSA) is 53.6 Å². The van der Waals surface area contributed by atoms with Crippen LogP contribution in [0.15, 0.2) is 30.0 Å². The third kappa shape index (κ3) is 2.81. The third-order valence-corrected chi connectivity index (χ3v) is 3.50. The van der Waals surface area contributed by atoms with Crippen molar-refractivity contribution in [2.75, 3.05) is 31.2 Å². The maximum atomic E-state index is 11.6. The lowest BCUT2D eigenvalue weighted by Crippen LogP contribution is -2.36. The number of anilines is 1. The van der Waals surface area contributed by atoms with E-state index in [-0.39, 0.29) is 5.91 Å². The lowest BCUT2D eigenvalue weighted by Gasteiger charge is -2.28. The number of benzene rings is 1. The van der Waals surface area contributed by atoms with Crippen LogP contribution >= 0.6 is 12.2 Å². The summed E-state index contributed by atoms with van der Waals surface area (Å²) in [7, 11) is 0. The maximum absolute atomic E-state index is 11.6. The van der Waals surface area contributed by atoms with Gasteiger partial charge in [-0.2, -0.15) is 0 Å². The molecule has 0 unspecified atom stereocenters. The molecular formula is C14H15N3O2S. The summed E-state index contributed by atoms with van der Waals surface area (Å²) in [5, 5.41) is 5.73. The highest BCUT2D eigenvalue weighted by Gasteiger charge is 2.19. The van der Waals surface area contributed by atoms with E-state index in [4.69, 9.17) is 17.0 Å². The van der Waals surface area contributed by atoms with Crippen molar-refractivity contribution in [2.24, 2.45) is 0 Å². The first-order valence-electron chi connectivity index (χ1n) is 6.49. The Kier molecular flexibility index (Phi) is 3.66. The van der Waals surface area contributed by atoms with Crippen molar-refractivity contribution < 1.29 is 9.53 Å². The van der Waals surface area contributed by atoms with Gasteiger partial charge < -0.3 is 15.0 Å². The number of thiocarbonyl (C=S) groups is 1. The molecule has 1 aromatic rings. The van der Waals surface area contributed by atoms with E-state index in [2.05, 4.69) is 27.7 Å². The SMILES string of the molecule is O=C1NC(=S)NC1=Cc1ccc(N2CCOCC2)cc1. The second kappa shape index (κ2) is 5.60. The van der Waals surface area contributed by atoms with Gasteiger partial charge in [0.1, 0.15) is 5.70 Å². The molecule has 104 valence electrons. The number of carbonyl (C=O) groups excluding carboxylic acids is 1. The highest BCUT2D eigenvalue weighted by Crippen LogP contribution is 2.18. The molecule has 5 nitrogen and oxygen atoms in total. The quantitative estimate of drug-likeness (QED) is 0.625. The summed E-state index contributed by atoms with van der Waals surface area (Å²) in [6.07, 6.45) is 1.79. The van der Waals surface area contributed by atoms with Crippen molar-refractivity contribution >= 4 is 35.0 Å². The largest absolute Gasteiger partial charge is 0.378 e. The number of morpholine rings is 1. The highest BCUT2D eigenvalue weighted by atomic mass is 32.1. The number of nitrogens with one attached hydrogen (secondary N) is 2. The van der Waals surface area contributed by atoms with Crippen LogP contribution in [-0.2, 0) is 9.53 Å². The summed E-state index contributed by atoms with van der Waals surface area (Å²) in [5.74, 6) is -0.188. The first-order valence-corrected chi connectivity index (χ1v) is 6.90. The molecular weight excluding hydrogens is 274 g/mol. The number of ether oxygens (including phenoxy) is 1. The van der Waals surface area contributed by atoms with E-state index >= 15 is 0 Å². The molecule has 2 saturated heterocycles. The molecule has 1 amide bonds. The van der Waals surface area contributed by atoms with Crippen LogP contribution in [-0.4, -0.2) is 37.3 Å². The first-order chi connectivity index (χ1) is 9.72. The van der Waals surface area contributed by atoms with Gasteiger partial charge in [-0.25, -0.2) is 0 Å². The minimum Gasteiger partial charge on any atom is -0.378 e. The van der Waals surface area contributed by atoms with Gasteiger partial charge in [0.05, 0.1) is 13.2 Å². The van der Waals surface area contributed by atoms with Gasteiger partial charge in [-0.3, -0.25) is 10.1 Å². The lowest BCUT2D eigenvalue weighted by molar-refractivity contribution is -0.115. The van der Waals surface area contributed by atoms with Crippen molar-refractivity contribution in [3.8, 4) is 0 Å². The molecule has 2 aliphatic heterocycles. The van der Waals surface area contributed by atoms with Crippen LogP contribution in [0.3, 0.4) is 0 Å². The predicted molar refractivity (Wildman–Crippen MR) is 81.3 cm³/mol. The third-order valence-electron chi connectivity index (χ3n) is 3.30. The molecule has 1 aromatic carbocycles. The Labute approximate surface area is 122 Å². The smallest absolute Gasteiger partial charge is 0.273 e. The van der Waals surface area contributed by atoms with Crippen LogP contribution in [0.1, 0.15) is 5.56 Å². The molecule has 2 heterocycles. The zero-order valence-electron chi connectivity index (χ0n) is 10.9. The van der Waals surface area contributed by atoms with Gasteiger partial charge in [-0.05, 0) is 36.0 Å². The number of rotatable bonds is 2. The van der Waals surface area contributed by atoms with E-state index in [9.17, 15) is 4.79 Å². The van der Waals surface area contributed by atoms with E-state index in [1.165, 1.54) is 5.69 Å². The minimum absolute atomic E-state index is 0.188. The zero-order chi connectivity index (χ0) is 13.9. The average molecular weight is 289 g/mol. The Morgan fingerprint density at radius 3 is 2.45 bits per heavy atom. The van der Waals surface area contributed by atoms with Crippen molar-refractivity contribution in [3.05, 3.63) is 35.5 Å². The van der Waals surface area contributed by atoms with E-state index in [0.717, 1.165) is 31.9 Å². The lowest BCUT2D eigenvalue weighted by atomic mass is 10.1. The standard InChI is InChI=1S/C14H15N3O2S/c18-13-12(15-14(20)16-13)9-10-1-3-11(4-2-10)17-5-7-19-8-6-17/h1-4,9H,5-8H2,(H2,15,16,18,20). The van der Waals surface area contributed by atoms with E-state index < -0.39 is 0 Å². The second-order valence-corrected chi connectivity index (χ2v) is 5.07. The van der Waals surface area contributed by atoms with Gasteiger partial charge in [-0.1, -0.05) is 12.1 Å². The number of carbonyl (C=O) groups is 1. The predicted octanol–water partition coefficient (Wildman–Crippen LogP) is 0.868.